The van der Waals surface area contributed by atoms with Gasteiger partial charge in [-0.25, -0.2) is 0 Å². The van der Waals surface area contributed by atoms with Crippen LogP contribution in [0.15, 0.2) is 24.3 Å². The van der Waals surface area contributed by atoms with E-state index in [4.69, 9.17) is 15.6 Å². The third kappa shape index (κ3) is 5.75. The molecule has 0 aromatic heterocycles. The Labute approximate surface area is 115 Å². The second kappa shape index (κ2) is 8.54. The summed E-state index contributed by atoms with van der Waals surface area (Å²) in [6.07, 6.45) is 0. The van der Waals surface area contributed by atoms with Crippen LogP contribution < -0.4 is 10.5 Å². The van der Waals surface area contributed by atoms with Gasteiger partial charge in [0.25, 0.3) is 0 Å². The van der Waals surface area contributed by atoms with Crippen LogP contribution >= 0.6 is 0 Å². The summed E-state index contributed by atoms with van der Waals surface area (Å²) in [4.78, 5) is 2.05. The van der Waals surface area contributed by atoms with Crippen molar-refractivity contribution in [2.45, 2.75) is 13.0 Å². The second-order valence-corrected chi connectivity index (χ2v) is 4.39. The maximum Gasteiger partial charge on any atom is 0.120 e. The van der Waals surface area contributed by atoms with Gasteiger partial charge in [0.2, 0.25) is 0 Å². The molecule has 104 valence electrons. The van der Waals surface area contributed by atoms with Gasteiger partial charge in [-0.05, 0) is 32.2 Å². The summed E-state index contributed by atoms with van der Waals surface area (Å²) in [7, 11) is 1.97. The molecule has 4 nitrogen and oxygen atoms in total. The third-order valence-corrected chi connectivity index (χ3v) is 2.90. The van der Waals surface area contributed by atoms with Gasteiger partial charge < -0.3 is 15.6 Å². The zero-order valence-electron chi connectivity index (χ0n) is 11.6. The van der Waals surface area contributed by atoms with Crippen molar-refractivity contribution in [1.82, 2.24) is 4.90 Å². The van der Waals surface area contributed by atoms with Crippen LogP contribution in [0.4, 0.5) is 0 Å². The lowest BCUT2D eigenvalue weighted by Crippen LogP contribution is -2.35. The lowest BCUT2D eigenvalue weighted by atomic mass is 10.2. The molecule has 0 saturated heterocycles. The molecule has 19 heavy (non-hydrogen) atoms. The highest BCUT2D eigenvalue weighted by molar-refractivity contribution is 5.39. The number of hydrogen-bond donors (Lipinski definition) is 2. The van der Waals surface area contributed by atoms with E-state index in [1.165, 1.54) is 0 Å². The number of hydrogen-bond acceptors (Lipinski definition) is 4. The number of nitrogens with zero attached hydrogens (tertiary/aromatic N) is 1. The van der Waals surface area contributed by atoms with E-state index in [9.17, 15) is 0 Å². The van der Waals surface area contributed by atoms with Gasteiger partial charge in [-0.2, -0.15) is 0 Å². The molecule has 0 aliphatic carbocycles. The molecule has 0 fully saturated rings. The van der Waals surface area contributed by atoms with Gasteiger partial charge in [-0.3, -0.25) is 4.90 Å². The quantitative estimate of drug-likeness (QED) is 0.741. The molecule has 0 radical (unpaired) electrons. The van der Waals surface area contributed by atoms with Crippen LogP contribution in [-0.2, 0) is 0 Å². The third-order valence-electron chi connectivity index (χ3n) is 2.90. The number of aliphatic hydroxyl groups excluding tert-OH is 1. The van der Waals surface area contributed by atoms with Gasteiger partial charge in [0.15, 0.2) is 0 Å². The van der Waals surface area contributed by atoms with Crippen molar-refractivity contribution >= 4 is 0 Å². The number of nitrogens with two attached hydrogens (primary N) is 1. The van der Waals surface area contributed by atoms with Gasteiger partial charge in [0, 0.05) is 18.2 Å². The molecule has 4 heteroatoms. The van der Waals surface area contributed by atoms with Gasteiger partial charge in [-0.1, -0.05) is 17.9 Å². The first-order valence-corrected chi connectivity index (χ1v) is 6.40. The summed E-state index contributed by atoms with van der Waals surface area (Å²) < 4.78 is 5.67. The Morgan fingerprint density at radius 2 is 2.26 bits per heavy atom. The van der Waals surface area contributed by atoms with Crippen molar-refractivity contribution in [1.29, 1.82) is 0 Å². The lowest BCUT2D eigenvalue weighted by Gasteiger charge is -2.22. The molecule has 0 bridgehead atoms. The van der Waals surface area contributed by atoms with Crippen LogP contribution in [0, 0.1) is 11.8 Å². The average molecular weight is 262 g/mol. The normalized spacial score (nSPS) is 11.8. The zero-order valence-corrected chi connectivity index (χ0v) is 11.6. The highest BCUT2D eigenvalue weighted by Crippen LogP contribution is 2.12. The highest BCUT2D eigenvalue weighted by Gasteiger charge is 2.07. The Balaban J connectivity index is 2.45. The molecule has 0 spiro atoms. The summed E-state index contributed by atoms with van der Waals surface area (Å²) in [5.74, 6) is 6.59. The van der Waals surface area contributed by atoms with Crippen molar-refractivity contribution in [2.24, 2.45) is 5.73 Å². The molecular weight excluding hydrogens is 240 g/mol. The average Bonchev–Trinajstić information content (AvgIpc) is 2.44. The number of ether oxygens (including phenoxy) is 1. The second-order valence-electron chi connectivity index (χ2n) is 4.39. The molecule has 1 unspecified atom stereocenters. The molecular formula is C15H22N2O2. The van der Waals surface area contributed by atoms with Crippen LogP contribution in [0.25, 0.3) is 0 Å². The van der Waals surface area contributed by atoms with Crippen molar-refractivity contribution < 1.29 is 9.84 Å². The van der Waals surface area contributed by atoms with Crippen molar-refractivity contribution in [3.63, 3.8) is 0 Å². The van der Waals surface area contributed by atoms with E-state index in [0.29, 0.717) is 13.2 Å². The van der Waals surface area contributed by atoms with Crippen LogP contribution in [0.5, 0.6) is 5.75 Å². The Morgan fingerprint density at radius 3 is 2.95 bits per heavy atom. The molecule has 0 amide bonds. The number of benzene rings is 1. The molecule has 3 N–H and O–H groups in total. The molecule has 0 aliphatic rings. The Morgan fingerprint density at radius 1 is 1.47 bits per heavy atom. The van der Waals surface area contributed by atoms with Crippen molar-refractivity contribution in [3.8, 4) is 17.6 Å². The van der Waals surface area contributed by atoms with E-state index in [0.717, 1.165) is 17.9 Å². The van der Waals surface area contributed by atoms with E-state index < -0.39 is 0 Å². The highest BCUT2D eigenvalue weighted by atomic mass is 16.5. The van der Waals surface area contributed by atoms with Crippen LogP contribution in [-0.4, -0.2) is 49.4 Å². The van der Waals surface area contributed by atoms with Gasteiger partial charge in [-0.15, -0.1) is 0 Å². The summed E-state index contributed by atoms with van der Waals surface area (Å²) in [6, 6.07) is 7.79. The molecule has 1 aromatic rings. The minimum Gasteiger partial charge on any atom is -0.492 e. The summed E-state index contributed by atoms with van der Waals surface area (Å²) in [5.41, 5.74) is 6.24. The van der Waals surface area contributed by atoms with Crippen LogP contribution in [0.3, 0.4) is 0 Å². The molecule has 1 rings (SSSR count). The molecule has 1 aromatic carbocycles. The monoisotopic (exact) mass is 262 g/mol. The topological polar surface area (TPSA) is 58.7 Å². The maximum absolute atomic E-state index is 9.03. The Bertz CT molecular complexity index is 437. The predicted molar refractivity (Wildman–Crippen MR) is 77.0 cm³/mol. The fourth-order valence-corrected chi connectivity index (χ4v) is 1.48. The van der Waals surface area contributed by atoms with E-state index in [-0.39, 0.29) is 12.6 Å². The van der Waals surface area contributed by atoms with Gasteiger partial charge >= 0.3 is 0 Å². The van der Waals surface area contributed by atoms with E-state index in [1.54, 1.807) is 0 Å². The lowest BCUT2D eigenvalue weighted by molar-refractivity contribution is 0.140. The number of likely N-dealkylation sites (N-methyl/N-ethyl adjacent to an activating group) is 1. The molecule has 0 saturated carbocycles. The minimum atomic E-state index is 0.144. The molecule has 1 atom stereocenters. The first kappa shape index (κ1) is 15.5. The minimum absolute atomic E-state index is 0.144. The Hall–Kier alpha value is -1.54. The molecule has 0 heterocycles. The maximum atomic E-state index is 9.03. The number of rotatable bonds is 6. The summed E-state index contributed by atoms with van der Waals surface area (Å²) in [6.45, 7) is 3.83. The first-order chi connectivity index (χ1) is 9.17. The van der Waals surface area contributed by atoms with E-state index in [1.807, 2.05) is 38.2 Å². The smallest absolute Gasteiger partial charge is 0.120 e. The van der Waals surface area contributed by atoms with E-state index in [2.05, 4.69) is 16.7 Å². The Kier molecular flexibility index (Phi) is 6.98. The van der Waals surface area contributed by atoms with Gasteiger partial charge in [0.05, 0.1) is 13.2 Å². The SMILES string of the molecule is CC(CO)N(C)CCOc1cccc(C#CCN)c1. The van der Waals surface area contributed by atoms with Crippen molar-refractivity contribution in [3.05, 3.63) is 29.8 Å². The fourth-order valence-electron chi connectivity index (χ4n) is 1.48. The predicted octanol–water partition coefficient (Wildman–Crippen LogP) is 0.688. The summed E-state index contributed by atoms with van der Waals surface area (Å²) >= 11 is 0. The fraction of sp³-hybridized carbons (Fsp3) is 0.467. The van der Waals surface area contributed by atoms with Crippen molar-refractivity contribution in [2.75, 3.05) is 33.4 Å². The summed E-state index contributed by atoms with van der Waals surface area (Å²) in [5, 5.41) is 9.03. The zero-order chi connectivity index (χ0) is 14.1. The largest absolute Gasteiger partial charge is 0.492 e. The molecule has 0 aliphatic heterocycles. The van der Waals surface area contributed by atoms with E-state index >= 15 is 0 Å². The standard InChI is InChI=1S/C15H22N2O2/c1-13(12-18)17(2)9-10-19-15-7-3-5-14(11-15)6-4-8-16/h3,5,7,11,13,18H,8-10,12,16H2,1-2H3. The first-order valence-electron chi connectivity index (χ1n) is 6.40. The van der Waals surface area contributed by atoms with Crippen LogP contribution in [0.2, 0.25) is 0 Å². The van der Waals surface area contributed by atoms with Crippen LogP contribution in [0.1, 0.15) is 12.5 Å². The number of aliphatic hydroxyl groups is 1. The van der Waals surface area contributed by atoms with Gasteiger partial charge in [0.1, 0.15) is 12.4 Å².